The van der Waals surface area contributed by atoms with Gasteiger partial charge in [0.2, 0.25) is 5.91 Å². The van der Waals surface area contributed by atoms with E-state index in [0.717, 1.165) is 37.8 Å². The number of nitrogens with zero attached hydrogens (tertiary/aromatic N) is 3. The second-order valence-electron chi connectivity index (χ2n) is 7.46. The second kappa shape index (κ2) is 12.9. The van der Waals surface area contributed by atoms with Crippen LogP contribution in [0.25, 0.3) is 0 Å². The molecule has 3 N–H and O–H groups in total. The summed E-state index contributed by atoms with van der Waals surface area (Å²) in [6, 6.07) is 8.37. The van der Waals surface area contributed by atoms with E-state index in [1.807, 2.05) is 0 Å². The molecule has 2 fully saturated rings. The molecular weight excluding hydrogens is 479 g/mol. The highest BCUT2D eigenvalue weighted by Crippen LogP contribution is 2.16. The lowest BCUT2D eigenvalue weighted by molar-refractivity contribution is -0.120. The van der Waals surface area contributed by atoms with Gasteiger partial charge in [-0.15, -0.1) is 24.0 Å². The van der Waals surface area contributed by atoms with Crippen molar-refractivity contribution in [3.05, 3.63) is 29.8 Å². The molecule has 2 heterocycles. The van der Waals surface area contributed by atoms with E-state index < -0.39 is 0 Å². The molecule has 3 rings (SSSR count). The molecule has 0 atom stereocenters. The third-order valence-corrected chi connectivity index (χ3v) is 5.27. The first kappa shape index (κ1) is 23.7. The zero-order valence-electron chi connectivity index (χ0n) is 17.5. The first-order valence-corrected chi connectivity index (χ1v) is 10.6. The zero-order valence-corrected chi connectivity index (χ0v) is 19.8. The summed E-state index contributed by atoms with van der Waals surface area (Å²) in [7, 11) is 0. The fourth-order valence-electron chi connectivity index (χ4n) is 3.70. The monoisotopic (exact) mass is 514 g/mol. The molecule has 2 aliphatic heterocycles. The molecule has 0 bridgehead atoms. The molecule has 2 saturated heterocycles. The summed E-state index contributed by atoms with van der Waals surface area (Å²) in [4.78, 5) is 20.9. The topological polar surface area (TPSA) is 72.0 Å². The van der Waals surface area contributed by atoms with Gasteiger partial charge in [-0.05, 0) is 50.6 Å². The maximum Gasteiger partial charge on any atom is 0.239 e. The van der Waals surface area contributed by atoms with Gasteiger partial charge < -0.3 is 25.8 Å². The quantitative estimate of drug-likeness (QED) is 0.294. The number of nitrogens with one attached hydrogen (secondary N) is 3. The molecule has 1 aromatic rings. The number of amides is 1. The van der Waals surface area contributed by atoms with Crippen LogP contribution in [0.4, 0.5) is 5.69 Å². The third kappa shape index (κ3) is 8.00. The molecule has 29 heavy (non-hydrogen) atoms. The van der Waals surface area contributed by atoms with Crippen molar-refractivity contribution in [1.29, 1.82) is 0 Å². The van der Waals surface area contributed by atoms with Crippen molar-refractivity contribution in [2.75, 3.05) is 57.3 Å². The number of benzene rings is 1. The average Bonchev–Trinajstić information content (AvgIpc) is 2.73. The molecule has 0 aliphatic carbocycles. The van der Waals surface area contributed by atoms with Crippen LogP contribution < -0.4 is 20.9 Å². The Balaban J connectivity index is 0.00000300. The Kier molecular flexibility index (Phi) is 10.5. The number of guanidine groups is 1. The van der Waals surface area contributed by atoms with Crippen molar-refractivity contribution in [1.82, 2.24) is 20.9 Å². The standard InChI is InChI=1S/C21H34N6O.HI/c1-2-22-21(24-10-14-26-12-4-3-5-13-26)25-16-18-6-8-19(9-7-18)27-15-11-23-20(28)17-27;/h6-9H,2-5,10-17H2,1H3,(H,23,28)(H2,22,24,25);1H. The Morgan fingerprint density at radius 2 is 1.86 bits per heavy atom. The molecule has 7 nitrogen and oxygen atoms in total. The smallest absolute Gasteiger partial charge is 0.239 e. The number of carbonyl (C=O) groups excluding carboxylic acids is 1. The van der Waals surface area contributed by atoms with Crippen molar-refractivity contribution >= 4 is 41.5 Å². The number of aliphatic imine (C=N–C) groups is 1. The number of rotatable bonds is 7. The van der Waals surface area contributed by atoms with E-state index in [1.54, 1.807) is 0 Å². The predicted octanol–water partition coefficient (Wildman–Crippen LogP) is 1.78. The molecule has 162 valence electrons. The van der Waals surface area contributed by atoms with E-state index in [4.69, 9.17) is 4.99 Å². The van der Waals surface area contributed by atoms with Crippen LogP contribution >= 0.6 is 24.0 Å². The summed E-state index contributed by atoms with van der Waals surface area (Å²) in [6.45, 7) is 10.0. The molecular formula is C21H35IN6O. The Hall–Kier alpha value is -1.55. The SMILES string of the molecule is CCNC(=NCc1ccc(N2CCNC(=O)C2)cc1)NCCN1CCCCC1.I. The van der Waals surface area contributed by atoms with Gasteiger partial charge in [0.15, 0.2) is 5.96 Å². The Labute approximate surface area is 191 Å². The van der Waals surface area contributed by atoms with Crippen LogP contribution in [0, 0.1) is 0 Å². The molecule has 0 aromatic heterocycles. The van der Waals surface area contributed by atoms with E-state index in [0.29, 0.717) is 19.6 Å². The lowest BCUT2D eigenvalue weighted by Crippen LogP contribution is -2.47. The van der Waals surface area contributed by atoms with E-state index in [1.165, 1.54) is 37.9 Å². The Morgan fingerprint density at radius 1 is 1.10 bits per heavy atom. The molecule has 0 radical (unpaired) electrons. The highest BCUT2D eigenvalue weighted by Gasteiger charge is 2.16. The average molecular weight is 514 g/mol. The summed E-state index contributed by atoms with van der Waals surface area (Å²) in [6.07, 6.45) is 4.02. The summed E-state index contributed by atoms with van der Waals surface area (Å²) < 4.78 is 0. The van der Waals surface area contributed by atoms with Crippen LogP contribution in [0.1, 0.15) is 31.7 Å². The molecule has 2 aliphatic rings. The lowest BCUT2D eigenvalue weighted by Gasteiger charge is -2.28. The van der Waals surface area contributed by atoms with Crippen LogP contribution in [-0.4, -0.2) is 69.1 Å². The van der Waals surface area contributed by atoms with Gasteiger partial charge in [0, 0.05) is 38.4 Å². The van der Waals surface area contributed by atoms with Gasteiger partial charge >= 0.3 is 0 Å². The second-order valence-corrected chi connectivity index (χ2v) is 7.46. The molecule has 0 saturated carbocycles. The van der Waals surface area contributed by atoms with Crippen LogP contribution in [0.3, 0.4) is 0 Å². The zero-order chi connectivity index (χ0) is 19.6. The fourth-order valence-corrected chi connectivity index (χ4v) is 3.70. The van der Waals surface area contributed by atoms with Crippen LogP contribution in [-0.2, 0) is 11.3 Å². The number of piperidine rings is 1. The van der Waals surface area contributed by atoms with Gasteiger partial charge in [-0.25, -0.2) is 4.99 Å². The number of hydrogen-bond acceptors (Lipinski definition) is 4. The minimum atomic E-state index is 0. The van der Waals surface area contributed by atoms with Crippen molar-refractivity contribution in [3.8, 4) is 0 Å². The highest BCUT2D eigenvalue weighted by atomic mass is 127. The first-order chi connectivity index (χ1) is 13.7. The fraction of sp³-hybridized carbons (Fsp3) is 0.619. The van der Waals surface area contributed by atoms with Gasteiger partial charge in [-0.2, -0.15) is 0 Å². The minimum Gasteiger partial charge on any atom is -0.360 e. The van der Waals surface area contributed by atoms with Crippen LogP contribution in [0.5, 0.6) is 0 Å². The lowest BCUT2D eigenvalue weighted by atomic mass is 10.1. The maximum absolute atomic E-state index is 11.6. The summed E-state index contributed by atoms with van der Waals surface area (Å²) in [5, 5.41) is 9.64. The van der Waals surface area contributed by atoms with Gasteiger partial charge in [-0.1, -0.05) is 18.6 Å². The van der Waals surface area contributed by atoms with Crippen LogP contribution in [0.2, 0.25) is 0 Å². The number of likely N-dealkylation sites (tertiary alicyclic amines) is 1. The number of hydrogen-bond donors (Lipinski definition) is 3. The van der Waals surface area contributed by atoms with Gasteiger partial charge in [-0.3, -0.25) is 4.79 Å². The van der Waals surface area contributed by atoms with Crippen molar-refractivity contribution < 1.29 is 4.79 Å². The number of piperazine rings is 1. The number of carbonyl (C=O) groups is 1. The molecule has 0 spiro atoms. The first-order valence-electron chi connectivity index (χ1n) is 10.6. The van der Waals surface area contributed by atoms with E-state index in [-0.39, 0.29) is 29.9 Å². The van der Waals surface area contributed by atoms with Gasteiger partial charge in [0.1, 0.15) is 0 Å². The summed E-state index contributed by atoms with van der Waals surface area (Å²) in [5.41, 5.74) is 2.26. The molecule has 1 aromatic carbocycles. The maximum atomic E-state index is 11.6. The van der Waals surface area contributed by atoms with E-state index >= 15 is 0 Å². The highest BCUT2D eigenvalue weighted by molar-refractivity contribution is 14.0. The normalized spacial score (nSPS) is 18.0. The molecule has 0 unspecified atom stereocenters. The van der Waals surface area contributed by atoms with E-state index in [2.05, 4.69) is 56.9 Å². The molecule has 8 heteroatoms. The van der Waals surface area contributed by atoms with E-state index in [9.17, 15) is 4.79 Å². The van der Waals surface area contributed by atoms with Crippen molar-refractivity contribution in [3.63, 3.8) is 0 Å². The predicted molar refractivity (Wildman–Crippen MR) is 130 cm³/mol. The largest absolute Gasteiger partial charge is 0.360 e. The number of halogens is 1. The summed E-state index contributed by atoms with van der Waals surface area (Å²) >= 11 is 0. The van der Waals surface area contributed by atoms with Crippen molar-refractivity contribution in [2.45, 2.75) is 32.7 Å². The van der Waals surface area contributed by atoms with Gasteiger partial charge in [0.25, 0.3) is 0 Å². The minimum absolute atomic E-state index is 0. The third-order valence-electron chi connectivity index (χ3n) is 5.27. The number of anilines is 1. The molecule has 1 amide bonds. The van der Waals surface area contributed by atoms with Crippen molar-refractivity contribution in [2.24, 2.45) is 4.99 Å². The Bertz CT molecular complexity index is 645. The summed E-state index contributed by atoms with van der Waals surface area (Å²) in [5.74, 6) is 0.960. The van der Waals surface area contributed by atoms with Crippen LogP contribution in [0.15, 0.2) is 29.3 Å². The Morgan fingerprint density at radius 3 is 2.55 bits per heavy atom. The van der Waals surface area contributed by atoms with Gasteiger partial charge in [0.05, 0.1) is 13.1 Å².